The molecule has 0 aromatic heterocycles. The van der Waals surface area contributed by atoms with Gasteiger partial charge in [-0.25, -0.2) is 0 Å². The zero-order valence-corrected chi connectivity index (χ0v) is 12.5. The van der Waals surface area contributed by atoms with Crippen LogP contribution in [0.15, 0.2) is 0 Å². The van der Waals surface area contributed by atoms with E-state index in [-0.39, 0.29) is 11.9 Å². The molecule has 4 heteroatoms. The highest BCUT2D eigenvalue weighted by Gasteiger charge is 2.38. The fourth-order valence-electron chi connectivity index (χ4n) is 3.18. The zero-order chi connectivity index (χ0) is 13.8. The van der Waals surface area contributed by atoms with E-state index in [1.807, 2.05) is 0 Å². The van der Waals surface area contributed by atoms with E-state index in [0.717, 1.165) is 38.4 Å². The molecular formula is C15H28N2O2. The van der Waals surface area contributed by atoms with Gasteiger partial charge in [-0.15, -0.1) is 0 Å². The Morgan fingerprint density at radius 3 is 2.74 bits per heavy atom. The molecule has 1 heterocycles. The lowest BCUT2D eigenvalue weighted by atomic mass is 9.92. The van der Waals surface area contributed by atoms with E-state index in [2.05, 4.69) is 24.1 Å². The van der Waals surface area contributed by atoms with Gasteiger partial charge >= 0.3 is 5.97 Å². The summed E-state index contributed by atoms with van der Waals surface area (Å²) in [6.45, 7) is 7.47. The van der Waals surface area contributed by atoms with Crippen LogP contribution in [0.2, 0.25) is 0 Å². The third-order valence-electron chi connectivity index (χ3n) is 4.58. The molecule has 2 rings (SSSR count). The molecule has 0 amide bonds. The Morgan fingerprint density at radius 1 is 1.42 bits per heavy atom. The first-order chi connectivity index (χ1) is 9.15. The molecule has 2 fully saturated rings. The van der Waals surface area contributed by atoms with Crippen LogP contribution in [0.3, 0.4) is 0 Å². The molecule has 2 aliphatic rings. The molecule has 19 heavy (non-hydrogen) atoms. The molecule has 1 aliphatic carbocycles. The summed E-state index contributed by atoms with van der Waals surface area (Å²) in [5.41, 5.74) is 0. The van der Waals surface area contributed by atoms with Gasteiger partial charge in [0, 0.05) is 25.2 Å². The van der Waals surface area contributed by atoms with Gasteiger partial charge in [0.2, 0.25) is 0 Å². The lowest BCUT2D eigenvalue weighted by Crippen LogP contribution is -2.54. The number of hydrogen-bond donors (Lipinski definition) is 1. The van der Waals surface area contributed by atoms with E-state index in [1.165, 1.54) is 20.0 Å². The van der Waals surface area contributed by atoms with Gasteiger partial charge in [0.15, 0.2) is 0 Å². The smallest absolute Gasteiger partial charge is 0.310 e. The number of hydrogen-bond acceptors (Lipinski definition) is 4. The number of rotatable bonds is 6. The van der Waals surface area contributed by atoms with Gasteiger partial charge in [0.25, 0.3) is 0 Å². The van der Waals surface area contributed by atoms with Gasteiger partial charge in [-0.2, -0.15) is 0 Å². The number of nitrogens with zero attached hydrogens (tertiary/aromatic N) is 1. The fourth-order valence-corrected chi connectivity index (χ4v) is 3.18. The Kier molecular flexibility index (Phi) is 5.22. The van der Waals surface area contributed by atoms with Crippen molar-refractivity contribution in [3.63, 3.8) is 0 Å². The molecule has 0 radical (unpaired) electrons. The lowest BCUT2D eigenvalue weighted by molar-refractivity contribution is -0.148. The summed E-state index contributed by atoms with van der Waals surface area (Å²) in [6.07, 6.45) is 4.76. The number of esters is 1. The van der Waals surface area contributed by atoms with Crippen molar-refractivity contribution in [3.8, 4) is 0 Å². The summed E-state index contributed by atoms with van der Waals surface area (Å²) in [6, 6.07) is 1.04. The number of likely N-dealkylation sites (tertiary alicyclic amines) is 1. The van der Waals surface area contributed by atoms with Gasteiger partial charge in [-0.3, -0.25) is 9.69 Å². The molecule has 3 unspecified atom stereocenters. The highest BCUT2D eigenvalue weighted by molar-refractivity contribution is 5.72. The average Bonchev–Trinajstić information content (AvgIpc) is 3.27. The maximum atomic E-state index is 11.9. The second-order valence-corrected chi connectivity index (χ2v) is 6.14. The quantitative estimate of drug-likeness (QED) is 0.744. The Hall–Kier alpha value is -0.610. The van der Waals surface area contributed by atoms with Crippen molar-refractivity contribution in [2.45, 2.75) is 51.6 Å². The Labute approximate surface area is 116 Å². The second kappa shape index (κ2) is 6.71. The maximum Gasteiger partial charge on any atom is 0.310 e. The number of methoxy groups -OCH3 is 1. The minimum absolute atomic E-state index is 0.0364. The van der Waals surface area contributed by atoms with Crippen LogP contribution >= 0.6 is 0 Å². The van der Waals surface area contributed by atoms with E-state index in [4.69, 9.17) is 4.74 Å². The predicted molar refractivity (Wildman–Crippen MR) is 76.0 cm³/mol. The molecule has 0 bridgehead atoms. The number of nitrogens with one attached hydrogen (secondary N) is 1. The van der Waals surface area contributed by atoms with E-state index in [1.54, 1.807) is 0 Å². The summed E-state index contributed by atoms with van der Waals surface area (Å²) in [4.78, 5) is 14.4. The van der Waals surface area contributed by atoms with E-state index in [9.17, 15) is 4.79 Å². The largest absolute Gasteiger partial charge is 0.469 e. The van der Waals surface area contributed by atoms with Gasteiger partial charge in [0.05, 0.1) is 13.0 Å². The zero-order valence-electron chi connectivity index (χ0n) is 12.5. The van der Waals surface area contributed by atoms with Crippen LogP contribution < -0.4 is 5.32 Å². The van der Waals surface area contributed by atoms with Gasteiger partial charge in [0.1, 0.15) is 0 Å². The first-order valence-corrected chi connectivity index (χ1v) is 7.71. The van der Waals surface area contributed by atoms with Gasteiger partial charge in [-0.1, -0.05) is 6.92 Å². The van der Waals surface area contributed by atoms with Crippen LogP contribution in [-0.4, -0.2) is 49.7 Å². The van der Waals surface area contributed by atoms with Crippen molar-refractivity contribution < 1.29 is 9.53 Å². The lowest BCUT2D eigenvalue weighted by Gasteiger charge is -2.40. The van der Waals surface area contributed by atoms with Crippen molar-refractivity contribution in [2.75, 3.05) is 26.7 Å². The molecule has 4 nitrogen and oxygen atoms in total. The molecular weight excluding hydrogens is 240 g/mol. The van der Waals surface area contributed by atoms with Crippen molar-refractivity contribution in [1.82, 2.24) is 10.2 Å². The van der Waals surface area contributed by atoms with Crippen LogP contribution in [0.25, 0.3) is 0 Å². The number of carbonyl (C=O) groups is 1. The van der Waals surface area contributed by atoms with Crippen molar-refractivity contribution >= 4 is 5.97 Å². The van der Waals surface area contributed by atoms with Crippen LogP contribution in [0.4, 0.5) is 0 Å². The summed E-state index contributed by atoms with van der Waals surface area (Å²) in [5.74, 6) is 0.841. The maximum absolute atomic E-state index is 11.9. The van der Waals surface area contributed by atoms with Crippen molar-refractivity contribution in [2.24, 2.45) is 11.8 Å². The summed E-state index contributed by atoms with van der Waals surface area (Å²) >= 11 is 0. The second-order valence-electron chi connectivity index (χ2n) is 6.14. The average molecular weight is 268 g/mol. The molecule has 0 spiro atoms. The first kappa shape index (κ1) is 14.8. The molecule has 1 N–H and O–H groups in total. The number of ether oxygens (including phenoxy) is 1. The summed E-state index contributed by atoms with van der Waals surface area (Å²) in [5, 5.41) is 3.57. The van der Waals surface area contributed by atoms with Crippen LogP contribution in [-0.2, 0) is 9.53 Å². The van der Waals surface area contributed by atoms with Gasteiger partial charge in [-0.05, 0) is 45.1 Å². The Balaban J connectivity index is 1.96. The fraction of sp³-hybridized carbons (Fsp3) is 0.933. The first-order valence-electron chi connectivity index (χ1n) is 7.71. The highest BCUT2D eigenvalue weighted by Crippen LogP contribution is 2.36. The normalized spacial score (nSPS) is 30.1. The van der Waals surface area contributed by atoms with E-state index >= 15 is 0 Å². The minimum Gasteiger partial charge on any atom is -0.469 e. The van der Waals surface area contributed by atoms with Crippen molar-refractivity contribution in [1.29, 1.82) is 0 Å². The monoisotopic (exact) mass is 268 g/mol. The summed E-state index contributed by atoms with van der Waals surface area (Å²) in [7, 11) is 1.50. The Morgan fingerprint density at radius 2 is 2.16 bits per heavy atom. The number of piperidine rings is 1. The Bertz CT molecular complexity index is 305. The molecule has 1 saturated heterocycles. The molecule has 110 valence electrons. The standard InChI is InChI=1S/C15H28N2O2/c1-4-7-16-14-8-13(15(18)19-3)9-17(10-14)11(2)12-5-6-12/h11-14,16H,4-10H2,1-3H3. The predicted octanol–water partition coefficient (Wildman–Crippen LogP) is 1.65. The third kappa shape index (κ3) is 3.93. The van der Waals surface area contributed by atoms with Crippen LogP contribution in [0.1, 0.15) is 39.5 Å². The van der Waals surface area contributed by atoms with Crippen LogP contribution in [0.5, 0.6) is 0 Å². The van der Waals surface area contributed by atoms with Crippen molar-refractivity contribution in [3.05, 3.63) is 0 Å². The third-order valence-corrected chi connectivity index (χ3v) is 4.58. The SMILES string of the molecule is CCCNC1CC(C(=O)OC)CN(C(C)C2CC2)C1. The van der Waals surface area contributed by atoms with E-state index in [0.29, 0.717) is 12.1 Å². The number of carbonyl (C=O) groups excluding carboxylic acids is 1. The topological polar surface area (TPSA) is 41.6 Å². The molecule has 1 aliphatic heterocycles. The molecule has 0 aromatic carbocycles. The molecule has 0 aromatic rings. The minimum atomic E-state index is -0.0454. The van der Waals surface area contributed by atoms with Crippen LogP contribution in [0, 0.1) is 11.8 Å². The van der Waals surface area contributed by atoms with E-state index < -0.39 is 0 Å². The van der Waals surface area contributed by atoms with Gasteiger partial charge < -0.3 is 10.1 Å². The highest BCUT2D eigenvalue weighted by atomic mass is 16.5. The molecule has 1 saturated carbocycles. The molecule has 3 atom stereocenters. The summed E-state index contributed by atoms with van der Waals surface area (Å²) < 4.78 is 4.95.